The number of benzene rings is 2. The van der Waals surface area contributed by atoms with E-state index in [1.54, 1.807) is 0 Å². The normalized spacial score (nSPS) is 19.4. The van der Waals surface area contributed by atoms with Crippen molar-refractivity contribution in [1.29, 1.82) is 0 Å². The van der Waals surface area contributed by atoms with Crippen LogP contribution in [0.15, 0.2) is 48.5 Å². The highest BCUT2D eigenvalue weighted by Crippen LogP contribution is 2.34. The van der Waals surface area contributed by atoms with Crippen molar-refractivity contribution in [2.45, 2.75) is 44.6 Å². The van der Waals surface area contributed by atoms with E-state index in [2.05, 4.69) is 55.5 Å². The van der Waals surface area contributed by atoms with Crippen LogP contribution in [0.4, 0.5) is 0 Å². The molecular weight excluding hydrogens is 242 g/mol. The van der Waals surface area contributed by atoms with E-state index in [4.69, 9.17) is 5.73 Å². The smallest absolute Gasteiger partial charge is 0.0149 e. The molecule has 0 aliphatic heterocycles. The number of nitrogens with two attached hydrogens (primary N) is 1. The maximum absolute atomic E-state index is 6.53. The van der Waals surface area contributed by atoms with Crippen molar-refractivity contribution in [2.75, 3.05) is 0 Å². The maximum Gasteiger partial charge on any atom is 0.0149 e. The highest BCUT2D eigenvalue weighted by Gasteiger charge is 2.25. The zero-order valence-electron chi connectivity index (χ0n) is 12.2. The summed E-state index contributed by atoms with van der Waals surface area (Å²) >= 11 is 0. The molecule has 0 aromatic heterocycles. The Morgan fingerprint density at radius 1 is 1.10 bits per heavy atom. The Balaban J connectivity index is 1.78. The van der Waals surface area contributed by atoms with E-state index in [0.717, 1.165) is 6.42 Å². The first-order valence-corrected chi connectivity index (χ1v) is 7.63. The van der Waals surface area contributed by atoms with Crippen LogP contribution in [0.3, 0.4) is 0 Å². The molecule has 3 rings (SSSR count). The number of hydrogen-bond donors (Lipinski definition) is 1. The Kier molecular flexibility index (Phi) is 3.88. The molecule has 2 unspecified atom stereocenters. The van der Waals surface area contributed by atoms with Gasteiger partial charge in [0.25, 0.3) is 0 Å². The summed E-state index contributed by atoms with van der Waals surface area (Å²) in [5.74, 6) is 0.515. The standard InChI is InChI=1S/C19H23N/c1-14-9-11-15(12-10-14)13-19(20)18-8-4-6-16-5-2-3-7-17(16)18/h2-3,5,7,9-12,18-19H,4,6,8,13,20H2,1H3. The maximum atomic E-state index is 6.53. The second kappa shape index (κ2) is 5.80. The van der Waals surface area contributed by atoms with Crippen LogP contribution >= 0.6 is 0 Å². The van der Waals surface area contributed by atoms with Gasteiger partial charge in [-0.3, -0.25) is 0 Å². The van der Waals surface area contributed by atoms with Crippen molar-refractivity contribution in [3.63, 3.8) is 0 Å². The van der Waals surface area contributed by atoms with Crippen molar-refractivity contribution >= 4 is 0 Å². The molecule has 2 aromatic carbocycles. The predicted molar refractivity (Wildman–Crippen MR) is 85.0 cm³/mol. The number of hydrogen-bond acceptors (Lipinski definition) is 1. The lowest BCUT2D eigenvalue weighted by molar-refractivity contribution is 0.460. The number of aryl methyl sites for hydroxylation is 2. The zero-order chi connectivity index (χ0) is 13.9. The van der Waals surface area contributed by atoms with Crippen LogP contribution in [0.25, 0.3) is 0 Å². The molecule has 1 heteroatoms. The van der Waals surface area contributed by atoms with Gasteiger partial charge < -0.3 is 5.73 Å². The van der Waals surface area contributed by atoms with Gasteiger partial charge in [-0.05, 0) is 55.2 Å². The van der Waals surface area contributed by atoms with Gasteiger partial charge in [-0.1, -0.05) is 54.1 Å². The SMILES string of the molecule is Cc1ccc(CC(N)C2CCCc3ccccc32)cc1. The monoisotopic (exact) mass is 265 g/mol. The molecule has 0 saturated carbocycles. The average molecular weight is 265 g/mol. The van der Waals surface area contributed by atoms with E-state index >= 15 is 0 Å². The second-order valence-corrected chi connectivity index (χ2v) is 6.05. The highest BCUT2D eigenvalue weighted by atomic mass is 14.7. The van der Waals surface area contributed by atoms with Gasteiger partial charge in [-0.15, -0.1) is 0 Å². The van der Waals surface area contributed by atoms with Crippen molar-refractivity contribution in [1.82, 2.24) is 0 Å². The van der Waals surface area contributed by atoms with Gasteiger partial charge in [0, 0.05) is 6.04 Å². The summed E-state index contributed by atoms with van der Waals surface area (Å²) < 4.78 is 0. The molecular formula is C19H23N. The van der Waals surface area contributed by atoms with Crippen LogP contribution < -0.4 is 5.73 Å². The van der Waals surface area contributed by atoms with Crippen LogP contribution in [-0.2, 0) is 12.8 Å². The van der Waals surface area contributed by atoms with Gasteiger partial charge in [-0.25, -0.2) is 0 Å². The summed E-state index contributed by atoms with van der Waals surface area (Å²) in [5, 5.41) is 0. The fourth-order valence-electron chi connectivity index (χ4n) is 3.37. The van der Waals surface area contributed by atoms with E-state index < -0.39 is 0 Å². The summed E-state index contributed by atoms with van der Waals surface area (Å²) in [5.41, 5.74) is 12.2. The summed E-state index contributed by atoms with van der Waals surface area (Å²) in [7, 11) is 0. The van der Waals surface area contributed by atoms with Gasteiger partial charge in [-0.2, -0.15) is 0 Å². The molecule has 0 spiro atoms. The first-order chi connectivity index (χ1) is 9.74. The van der Waals surface area contributed by atoms with Gasteiger partial charge in [0.1, 0.15) is 0 Å². The first-order valence-electron chi connectivity index (χ1n) is 7.63. The zero-order valence-corrected chi connectivity index (χ0v) is 12.2. The lowest BCUT2D eigenvalue weighted by atomic mass is 9.77. The van der Waals surface area contributed by atoms with Gasteiger partial charge in [0.15, 0.2) is 0 Å². The molecule has 2 atom stereocenters. The minimum Gasteiger partial charge on any atom is -0.327 e. The van der Waals surface area contributed by atoms with Gasteiger partial charge in [0.2, 0.25) is 0 Å². The molecule has 0 heterocycles. The Hall–Kier alpha value is -1.60. The summed E-state index contributed by atoms with van der Waals surface area (Å²) in [4.78, 5) is 0. The molecule has 104 valence electrons. The lowest BCUT2D eigenvalue weighted by Crippen LogP contribution is -2.33. The van der Waals surface area contributed by atoms with E-state index in [1.165, 1.54) is 41.5 Å². The van der Waals surface area contributed by atoms with Gasteiger partial charge >= 0.3 is 0 Å². The highest BCUT2D eigenvalue weighted by molar-refractivity contribution is 5.34. The predicted octanol–water partition coefficient (Wildman–Crippen LogP) is 3.98. The summed E-state index contributed by atoms with van der Waals surface area (Å²) in [6, 6.07) is 17.8. The molecule has 1 nitrogen and oxygen atoms in total. The lowest BCUT2D eigenvalue weighted by Gasteiger charge is -2.30. The minimum absolute atomic E-state index is 0.221. The number of rotatable bonds is 3. The van der Waals surface area contributed by atoms with E-state index in [9.17, 15) is 0 Å². The van der Waals surface area contributed by atoms with Crippen LogP contribution in [0.5, 0.6) is 0 Å². The average Bonchev–Trinajstić information content (AvgIpc) is 2.49. The molecule has 1 aliphatic carbocycles. The molecule has 0 radical (unpaired) electrons. The molecule has 2 N–H and O–H groups in total. The van der Waals surface area contributed by atoms with Crippen molar-refractivity contribution in [3.8, 4) is 0 Å². The Bertz CT molecular complexity index is 571. The van der Waals surface area contributed by atoms with Crippen LogP contribution in [0.2, 0.25) is 0 Å². The third kappa shape index (κ3) is 2.78. The minimum atomic E-state index is 0.221. The van der Waals surface area contributed by atoms with Gasteiger partial charge in [0.05, 0.1) is 0 Å². The summed E-state index contributed by atoms with van der Waals surface area (Å²) in [6.45, 7) is 2.13. The van der Waals surface area contributed by atoms with E-state index in [0.29, 0.717) is 5.92 Å². The molecule has 0 bridgehead atoms. The van der Waals surface area contributed by atoms with E-state index in [1.807, 2.05) is 0 Å². The van der Waals surface area contributed by atoms with Crippen molar-refractivity contribution < 1.29 is 0 Å². The fraction of sp³-hybridized carbons (Fsp3) is 0.368. The quantitative estimate of drug-likeness (QED) is 0.892. The first kappa shape index (κ1) is 13.4. The van der Waals surface area contributed by atoms with Crippen LogP contribution in [0, 0.1) is 6.92 Å². The third-order valence-electron chi connectivity index (χ3n) is 4.52. The number of fused-ring (bicyclic) bond motifs is 1. The molecule has 20 heavy (non-hydrogen) atoms. The molecule has 0 fully saturated rings. The Morgan fingerprint density at radius 2 is 1.85 bits per heavy atom. The Morgan fingerprint density at radius 3 is 2.65 bits per heavy atom. The fourth-order valence-corrected chi connectivity index (χ4v) is 3.37. The molecule has 1 aliphatic rings. The van der Waals surface area contributed by atoms with E-state index in [-0.39, 0.29) is 6.04 Å². The molecule has 0 saturated heterocycles. The molecule has 0 amide bonds. The Labute approximate surface area is 121 Å². The third-order valence-corrected chi connectivity index (χ3v) is 4.52. The topological polar surface area (TPSA) is 26.0 Å². The second-order valence-electron chi connectivity index (χ2n) is 6.05. The van der Waals surface area contributed by atoms with Crippen molar-refractivity contribution in [3.05, 3.63) is 70.8 Å². The molecule has 2 aromatic rings. The largest absolute Gasteiger partial charge is 0.327 e. The van der Waals surface area contributed by atoms with Crippen molar-refractivity contribution in [2.24, 2.45) is 5.73 Å². The summed E-state index contributed by atoms with van der Waals surface area (Å²) in [6.07, 6.45) is 4.68. The van der Waals surface area contributed by atoms with Crippen LogP contribution in [-0.4, -0.2) is 6.04 Å². The van der Waals surface area contributed by atoms with Crippen LogP contribution in [0.1, 0.15) is 41.0 Å².